The normalized spacial score (nSPS) is 21.8. The number of pyridine rings is 1. The summed E-state index contributed by atoms with van der Waals surface area (Å²) in [6.45, 7) is 8.01. The second-order valence-corrected chi connectivity index (χ2v) is 5.34. The summed E-state index contributed by atoms with van der Waals surface area (Å²) in [5.41, 5.74) is 0.781. The van der Waals surface area contributed by atoms with Crippen molar-refractivity contribution in [2.24, 2.45) is 0 Å². The first-order chi connectivity index (χ1) is 7.86. The maximum atomic E-state index is 9.10. The van der Waals surface area contributed by atoms with E-state index in [0.29, 0.717) is 5.59 Å². The minimum absolute atomic E-state index is 0.00493. The van der Waals surface area contributed by atoms with Crippen LogP contribution >= 0.6 is 0 Å². The summed E-state index contributed by atoms with van der Waals surface area (Å²) in [5.74, 6) is 0. The van der Waals surface area contributed by atoms with Gasteiger partial charge in [0.05, 0.1) is 23.4 Å². The van der Waals surface area contributed by atoms with Crippen molar-refractivity contribution in [3.8, 4) is 0 Å². The van der Waals surface area contributed by atoms with Crippen LogP contribution in [0.3, 0.4) is 0 Å². The summed E-state index contributed by atoms with van der Waals surface area (Å²) >= 11 is 0. The van der Waals surface area contributed by atoms with E-state index in [-0.39, 0.29) is 17.8 Å². The molecule has 0 unspecified atom stereocenters. The number of aromatic nitrogens is 1. The van der Waals surface area contributed by atoms with Gasteiger partial charge in [0.2, 0.25) is 0 Å². The molecule has 0 bridgehead atoms. The van der Waals surface area contributed by atoms with Crippen LogP contribution in [0.5, 0.6) is 0 Å². The number of hydrogen-bond donors (Lipinski definition) is 1. The molecule has 1 saturated heterocycles. The van der Waals surface area contributed by atoms with E-state index in [1.807, 2.05) is 33.8 Å². The Bertz CT molecular complexity index is 404. The first-order valence-corrected chi connectivity index (χ1v) is 5.77. The lowest BCUT2D eigenvalue weighted by Gasteiger charge is -2.32. The zero-order valence-electron chi connectivity index (χ0n) is 10.7. The minimum Gasteiger partial charge on any atom is -0.398 e. The van der Waals surface area contributed by atoms with Crippen molar-refractivity contribution in [2.45, 2.75) is 45.5 Å². The van der Waals surface area contributed by atoms with E-state index < -0.39 is 7.12 Å². The number of rotatable bonds is 2. The number of nitrogens with zero attached hydrogens (tertiary/aromatic N) is 1. The van der Waals surface area contributed by atoms with Gasteiger partial charge in [0.25, 0.3) is 0 Å². The highest BCUT2D eigenvalue weighted by atomic mass is 16.7. The SMILES string of the molecule is CC1(C)OB(c2cc(CO)ccn2)OC1(C)C. The van der Waals surface area contributed by atoms with Crippen LogP contribution in [0.4, 0.5) is 0 Å². The summed E-state index contributed by atoms with van der Waals surface area (Å²) in [5, 5.41) is 9.10. The standard InChI is InChI=1S/C12H18BNO3/c1-11(2)12(3,4)17-13(16-11)10-7-9(8-15)5-6-14-10/h5-7,15H,8H2,1-4H3. The Morgan fingerprint density at radius 2 is 1.82 bits per heavy atom. The van der Waals surface area contributed by atoms with Gasteiger partial charge in [-0.15, -0.1) is 0 Å². The maximum Gasteiger partial charge on any atom is 0.514 e. The molecule has 1 aliphatic heterocycles. The van der Waals surface area contributed by atoms with Crippen LogP contribution in [-0.2, 0) is 15.9 Å². The van der Waals surface area contributed by atoms with Crippen LogP contribution in [0.1, 0.15) is 33.3 Å². The molecular formula is C12H18BNO3. The van der Waals surface area contributed by atoms with Gasteiger partial charge in [-0.1, -0.05) is 0 Å². The summed E-state index contributed by atoms with van der Waals surface area (Å²) in [6.07, 6.45) is 1.66. The zero-order valence-corrected chi connectivity index (χ0v) is 10.7. The summed E-state index contributed by atoms with van der Waals surface area (Å²) in [6, 6.07) is 3.58. The van der Waals surface area contributed by atoms with Gasteiger partial charge in [-0.2, -0.15) is 0 Å². The first-order valence-electron chi connectivity index (χ1n) is 5.77. The molecule has 0 radical (unpaired) electrons. The molecule has 17 heavy (non-hydrogen) atoms. The molecule has 5 heteroatoms. The number of aliphatic hydroxyl groups excluding tert-OH is 1. The number of aliphatic hydroxyl groups is 1. The van der Waals surface area contributed by atoms with Gasteiger partial charge in [-0.05, 0) is 45.4 Å². The Morgan fingerprint density at radius 1 is 1.24 bits per heavy atom. The highest BCUT2D eigenvalue weighted by molar-refractivity contribution is 6.61. The van der Waals surface area contributed by atoms with Gasteiger partial charge in [-0.25, -0.2) is 0 Å². The van der Waals surface area contributed by atoms with Crippen molar-refractivity contribution in [3.05, 3.63) is 23.9 Å². The minimum atomic E-state index is -0.466. The molecule has 1 aliphatic rings. The predicted octanol–water partition coefficient (Wildman–Crippen LogP) is 0.873. The van der Waals surface area contributed by atoms with Crippen LogP contribution in [-0.4, -0.2) is 28.4 Å². The first kappa shape index (κ1) is 12.5. The Labute approximate surface area is 102 Å². The quantitative estimate of drug-likeness (QED) is 0.773. The molecule has 1 N–H and O–H groups in total. The molecule has 0 amide bonds. The monoisotopic (exact) mass is 235 g/mol. The lowest BCUT2D eigenvalue weighted by molar-refractivity contribution is 0.00578. The molecule has 2 heterocycles. The van der Waals surface area contributed by atoms with Gasteiger partial charge >= 0.3 is 7.12 Å². The summed E-state index contributed by atoms with van der Waals surface area (Å²) in [7, 11) is -0.466. The third-order valence-electron chi connectivity index (χ3n) is 3.52. The van der Waals surface area contributed by atoms with Crippen LogP contribution in [0.25, 0.3) is 0 Å². The van der Waals surface area contributed by atoms with Gasteiger partial charge in [-0.3, -0.25) is 4.98 Å². The molecule has 0 saturated carbocycles. The summed E-state index contributed by atoms with van der Waals surface area (Å²) < 4.78 is 11.8. The Hall–Kier alpha value is -0.905. The van der Waals surface area contributed by atoms with E-state index in [4.69, 9.17) is 14.4 Å². The van der Waals surface area contributed by atoms with Crippen molar-refractivity contribution in [2.75, 3.05) is 0 Å². The fourth-order valence-corrected chi connectivity index (χ4v) is 1.69. The largest absolute Gasteiger partial charge is 0.514 e. The van der Waals surface area contributed by atoms with Crippen molar-refractivity contribution >= 4 is 12.7 Å². The van der Waals surface area contributed by atoms with Crippen molar-refractivity contribution in [1.29, 1.82) is 0 Å². The van der Waals surface area contributed by atoms with Crippen molar-refractivity contribution in [1.82, 2.24) is 4.98 Å². The Balaban J connectivity index is 2.25. The predicted molar refractivity (Wildman–Crippen MR) is 65.9 cm³/mol. The molecule has 0 atom stereocenters. The van der Waals surface area contributed by atoms with E-state index in [2.05, 4.69) is 4.98 Å². The molecule has 1 aromatic rings. The second kappa shape index (κ2) is 4.08. The van der Waals surface area contributed by atoms with Gasteiger partial charge in [0.15, 0.2) is 0 Å². The molecule has 92 valence electrons. The van der Waals surface area contributed by atoms with Gasteiger partial charge < -0.3 is 14.4 Å². The fourth-order valence-electron chi connectivity index (χ4n) is 1.69. The maximum absolute atomic E-state index is 9.10. The third kappa shape index (κ3) is 2.23. The lowest BCUT2D eigenvalue weighted by Crippen LogP contribution is -2.41. The van der Waals surface area contributed by atoms with E-state index in [1.165, 1.54) is 0 Å². The topological polar surface area (TPSA) is 51.6 Å². The van der Waals surface area contributed by atoms with Gasteiger partial charge in [0, 0.05) is 6.20 Å². The van der Waals surface area contributed by atoms with Crippen LogP contribution in [0.15, 0.2) is 18.3 Å². The average Bonchev–Trinajstić information content (AvgIpc) is 2.48. The molecule has 1 aromatic heterocycles. The summed E-state index contributed by atoms with van der Waals surface area (Å²) in [4.78, 5) is 4.24. The van der Waals surface area contributed by atoms with Crippen LogP contribution in [0, 0.1) is 0 Å². The molecule has 0 aliphatic carbocycles. The number of hydrogen-bond acceptors (Lipinski definition) is 4. The average molecular weight is 235 g/mol. The smallest absolute Gasteiger partial charge is 0.398 e. The molecule has 0 aromatic carbocycles. The Morgan fingerprint density at radius 3 is 2.35 bits per heavy atom. The second-order valence-electron chi connectivity index (χ2n) is 5.34. The van der Waals surface area contributed by atoms with E-state index >= 15 is 0 Å². The fraction of sp³-hybridized carbons (Fsp3) is 0.583. The lowest BCUT2D eigenvalue weighted by atomic mass is 9.83. The third-order valence-corrected chi connectivity index (χ3v) is 3.52. The van der Waals surface area contributed by atoms with E-state index in [1.54, 1.807) is 12.3 Å². The zero-order chi connectivity index (χ0) is 12.7. The molecular weight excluding hydrogens is 217 g/mol. The highest BCUT2D eigenvalue weighted by Gasteiger charge is 2.52. The van der Waals surface area contributed by atoms with E-state index in [9.17, 15) is 0 Å². The Kier molecular flexibility index (Phi) is 3.02. The molecule has 2 rings (SSSR count). The van der Waals surface area contributed by atoms with Crippen molar-refractivity contribution < 1.29 is 14.4 Å². The molecule has 4 nitrogen and oxygen atoms in total. The molecule has 0 spiro atoms. The van der Waals surface area contributed by atoms with Crippen LogP contribution < -0.4 is 5.59 Å². The highest BCUT2D eigenvalue weighted by Crippen LogP contribution is 2.36. The van der Waals surface area contributed by atoms with Crippen LogP contribution in [0.2, 0.25) is 0 Å². The van der Waals surface area contributed by atoms with Crippen molar-refractivity contribution in [3.63, 3.8) is 0 Å². The molecule has 1 fully saturated rings. The van der Waals surface area contributed by atoms with E-state index in [0.717, 1.165) is 5.56 Å². The van der Waals surface area contributed by atoms with Gasteiger partial charge in [0.1, 0.15) is 0 Å².